The van der Waals surface area contributed by atoms with Crippen molar-refractivity contribution in [1.82, 2.24) is 10.2 Å². The van der Waals surface area contributed by atoms with Crippen LogP contribution in [0.2, 0.25) is 0 Å². The number of carbonyl (C=O) groups is 2. The molecule has 11 nitrogen and oxygen atoms in total. The van der Waals surface area contributed by atoms with Gasteiger partial charge in [0.2, 0.25) is 21.8 Å². The number of rotatable bonds is 12. The third-order valence-electron chi connectivity index (χ3n) is 5.44. The number of hydrogen-bond acceptors (Lipinski definition) is 7. The summed E-state index contributed by atoms with van der Waals surface area (Å²) in [6, 6.07) is 9.68. The lowest BCUT2D eigenvalue weighted by Gasteiger charge is -2.32. The molecule has 0 aliphatic heterocycles. The van der Waals surface area contributed by atoms with Crippen LogP contribution in [0.25, 0.3) is 0 Å². The van der Waals surface area contributed by atoms with Gasteiger partial charge in [0.05, 0.1) is 18.3 Å². The zero-order valence-corrected chi connectivity index (χ0v) is 23.7. The van der Waals surface area contributed by atoms with Crippen LogP contribution < -0.4 is 14.4 Å². The molecule has 0 heterocycles. The van der Waals surface area contributed by atoms with Crippen LogP contribution in [0.15, 0.2) is 46.9 Å². The molecule has 37 heavy (non-hydrogen) atoms. The lowest BCUT2D eigenvalue weighted by molar-refractivity contribution is -0.384. The minimum absolute atomic E-state index is 0.0333. The summed E-state index contributed by atoms with van der Waals surface area (Å²) >= 11 is 3.36. The van der Waals surface area contributed by atoms with Gasteiger partial charge in [-0.05, 0) is 36.6 Å². The van der Waals surface area contributed by atoms with E-state index in [1.807, 2.05) is 13.8 Å². The number of halogens is 1. The van der Waals surface area contributed by atoms with E-state index in [2.05, 4.69) is 21.2 Å². The number of ether oxygens (including phenoxy) is 1. The molecule has 0 saturated heterocycles. The zero-order chi connectivity index (χ0) is 27.9. The number of nitrogens with one attached hydrogen (secondary N) is 1. The Morgan fingerprint density at radius 1 is 1.14 bits per heavy atom. The van der Waals surface area contributed by atoms with Crippen molar-refractivity contribution in [2.45, 2.75) is 33.4 Å². The molecule has 2 aromatic rings. The number of amides is 2. The highest BCUT2D eigenvalue weighted by Gasteiger charge is 2.32. The van der Waals surface area contributed by atoms with Gasteiger partial charge in [-0.15, -0.1) is 0 Å². The van der Waals surface area contributed by atoms with E-state index in [1.165, 1.54) is 24.1 Å². The van der Waals surface area contributed by atoms with Crippen molar-refractivity contribution in [3.8, 4) is 5.75 Å². The minimum Gasteiger partial charge on any atom is -0.495 e. The Morgan fingerprint density at radius 2 is 1.76 bits per heavy atom. The number of carbonyl (C=O) groups excluding carboxylic acids is 2. The molecule has 2 amide bonds. The molecule has 1 N–H and O–H groups in total. The summed E-state index contributed by atoms with van der Waals surface area (Å²) in [5.74, 6) is -0.841. The molecule has 0 aromatic heterocycles. The number of nitrogens with zero attached hydrogens (tertiary/aromatic N) is 3. The molecule has 2 rings (SSSR count). The first kappa shape index (κ1) is 30.0. The number of nitro benzene ring substituents is 1. The quantitative estimate of drug-likeness (QED) is 0.292. The molecule has 1 unspecified atom stereocenters. The first-order valence-electron chi connectivity index (χ1n) is 11.4. The van der Waals surface area contributed by atoms with E-state index in [0.29, 0.717) is 6.54 Å². The Kier molecular flexibility index (Phi) is 10.4. The largest absolute Gasteiger partial charge is 0.495 e. The molecule has 0 spiro atoms. The molecule has 0 fully saturated rings. The number of benzene rings is 2. The van der Waals surface area contributed by atoms with Gasteiger partial charge in [0.1, 0.15) is 24.0 Å². The molecular formula is C24H31BrN4O7S. The monoisotopic (exact) mass is 598 g/mol. The Bertz CT molecular complexity index is 1240. The van der Waals surface area contributed by atoms with Crippen LogP contribution in [-0.2, 0) is 26.2 Å². The maximum absolute atomic E-state index is 13.6. The average molecular weight is 600 g/mol. The summed E-state index contributed by atoms with van der Waals surface area (Å²) in [5.41, 5.74) is 0.192. The van der Waals surface area contributed by atoms with E-state index in [9.17, 15) is 28.1 Å². The first-order chi connectivity index (χ1) is 17.2. The Hall–Kier alpha value is -3.19. The number of hydrogen-bond donors (Lipinski definition) is 1. The molecule has 0 bridgehead atoms. The highest BCUT2D eigenvalue weighted by molar-refractivity contribution is 9.10. The molecule has 1 atom stereocenters. The highest BCUT2D eigenvalue weighted by Crippen LogP contribution is 2.34. The van der Waals surface area contributed by atoms with Crippen LogP contribution in [0.1, 0.15) is 26.3 Å². The van der Waals surface area contributed by atoms with E-state index in [1.54, 1.807) is 31.2 Å². The van der Waals surface area contributed by atoms with Crippen LogP contribution >= 0.6 is 15.9 Å². The lowest BCUT2D eigenvalue weighted by atomic mass is 10.1. The van der Waals surface area contributed by atoms with Gasteiger partial charge in [0.15, 0.2) is 0 Å². The summed E-state index contributed by atoms with van der Waals surface area (Å²) in [6.45, 7) is 5.17. The van der Waals surface area contributed by atoms with Crippen LogP contribution in [0.5, 0.6) is 5.75 Å². The molecule has 0 aliphatic rings. The van der Waals surface area contributed by atoms with Crippen molar-refractivity contribution in [2.24, 2.45) is 5.92 Å². The van der Waals surface area contributed by atoms with E-state index < -0.39 is 39.3 Å². The topological polar surface area (TPSA) is 139 Å². The van der Waals surface area contributed by atoms with Crippen LogP contribution in [0, 0.1) is 16.0 Å². The predicted molar refractivity (Wildman–Crippen MR) is 144 cm³/mol. The fraction of sp³-hybridized carbons (Fsp3) is 0.417. The third kappa shape index (κ3) is 8.42. The van der Waals surface area contributed by atoms with Gasteiger partial charge in [0.25, 0.3) is 5.69 Å². The fourth-order valence-corrected chi connectivity index (χ4v) is 4.51. The summed E-state index contributed by atoms with van der Waals surface area (Å²) in [4.78, 5) is 38.4. The van der Waals surface area contributed by atoms with E-state index in [0.717, 1.165) is 26.7 Å². The lowest BCUT2D eigenvalue weighted by Crippen LogP contribution is -2.51. The van der Waals surface area contributed by atoms with E-state index in [-0.39, 0.29) is 29.6 Å². The van der Waals surface area contributed by atoms with Crippen LogP contribution in [-0.4, -0.2) is 62.6 Å². The second kappa shape index (κ2) is 12.9. The first-order valence-corrected chi connectivity index (χ1v) is 14.0. The average Bonchev–Trinajstić information content (AvgIpc) is 2.83. The maximum atomic E-state index is 13.6. The SMILES string of the molecule is COc1ccc([N+](=O)[O-])cc1N(CC(=O)N(Cc1ccc(Br)cc1)C(C)C(=O)NCC(C)C)S(C)(=O)=O. The Balaban J connectivity index is 2.48. The molecule has 202 valence electrons. The summed E-state index contributed by atoms with van der Waals surface area (Å²) in [5, 5.41) is 14.1. The Morgan fingerprint density at radius 3 is 2.27 bits per heavy atom. The zero-order valence-electron chi connectivity index (χ0n) is 21.3. The van der Waals surface area contributed by atoms with Gasteiger partial charge >= 0.3 is 0 Å². The summed E-state index contributed by atoms with van der Waals surface area (Å²) in [6.07, 6.45) is 0.885. The second-order valence-corrected chi connectivity index (χ2v) is 11.7. The standard InChI is InChI=1S/C24H31BrN4O7S/c1-16(2)13-26-24(31)17(3)27(14-18-6-8-19(25)9-7-18)23(30)15-28(37(5,34)35)21-12-20(29(32)33)10-11-22(21)36-4/h6-12,16-17H,13-15H2,1-5H3,(H,26,31). The van der Waals surface area contributed by atoms with Gasteiger partial charge in [-0.2, -0.15) is 0 Å². The van der Waals surface area contributed by atoms with Crippen molar-refractivity contribution in [1.29, 1.82) is 0 Å². The second-order valence-electron chi connectivity index (χ2n) is 8.85. The van der Waals surface area contributed by atoms with Gasteiger partial charge in [-0.25, -0.2) is 8.42 Å². The predicted octanol–water partition coefficient (Wildman–Crippen LogP) is 3.32. The van der Waals surface area contributed by atoms with Gasteiger partial charge in [0, 0.05) is 29.7 Å². The van der Waals surface area contributed by atoms with Gasteiger partial charge in [-0.1, -0.05) is 41.9 Å². The minimum atomic E-state index is -4.09. The molecule has 2 aromatic carbocycles. The molecule has 0 saturated carbocycles. The molecular weight excluding hydrogens is 568 g/mol. The van der Waals surface area contributed by atoms with Crippen LogP contribution in [0.4, 0.5) is 11.4 Å². The van der Waals surface area contributed by atoms with Crippen molar-refractivity contribution in [2.75, 3.05) is 30.8 Å². The van der Waals surface area contributed by atoms with Crippen molar-refractivity contribution >= 4 is 49.1 Å². The van der Waals surface area contributed by atoms with E-state index >= 15 is 0 Å². The van der Waals surface area contributed by atoms with Crippen LogP contribution in [0.3, 0.4) is 0 Å². The van der Waals surface area contributed by atoms with Crippen molar-refractivity contribution < 1.29 is 27.7 Å². The summed E-state index contributed by atoms with van der Waals surface area (Å²) < 4.78 is 32.3. The Labute approximate surface area is 225 Å². The third-order valence-corrected chi connectivity index (χ3v) is 7.09. The van der Waals surface area contributed by atoms with Crippen molar-refractivity contribution in [3.63, 3.8) is 0 Å². The molecule has 13 heteroatoms. The number of non-ortho nitro benzene ring substituents is 1. The number of sulfonamides is 1. The number of methoxy groups -OCH3 is 1. The maximum Gasteiger partial charge on any atom is 0.271 e. The van der Waals surface area contributed by atoms with E-state index in [4.69, 9.17) is 4.74 Å². The number of anilines is 1. The normalized spacial score (nSPS) is 12.1. The van der Waals surface area contributed by atoms with Crippen molar-refractivity contribution in [3.05, 3.63) is 62.6 Å². The van der Waals surface area contributed by atoms with Gasteiger partial charge in [-0.3, -0.25) is 24.0 Å². The smallest absolute Gasteiger partial charge is 0.271 e. The highest BCUT2D eigenvalue weighted by atomic mass is 79.9. The van der Waals surface area contributed by atoms with Gasteiger partial charge < -0.3 is 15.0 Å². The fourth-order valence-electron chi connectivity index (χ4n) is 3.40. The molecule has 0 radical (unpaired) electrons. The molecule has 0 aliphatic carbocycles. The summed E-state index contributed by atoms with van der Waals surface area (Å²) in [7, 11) is -2.81. The number of nitro groups is 1.